The fraction of sp³-hybridized carbons (Fsp3) is 0.492. The molecule has 0 saturated heterocycles. The Hall–Kier alpha value is -11.5. The van der Waals surface area contributed by atoms with E-state index in [0.717, 1.165) is 296 Å². The Morgan fingerprint density at radius 3 is 0.620 bits per heavy atom. The van der Waals surface area contributed by atoms with E-state index in [1.54, 1.807) is 0 Å². The second-order valence-corrected chi connectivity index (χ2v) is 40.1. The molecule has 4 N–H and O–H groups in total. The third-order valence-electron chi connectivity index (χ3n) is 28.4. The van der Waals surface area contributed by atoms with Gasteiger partial charge in [-0.3, -0.25) is 0 Å². The molecule has 16 nitrogen and oxygen atoms in total. The summed E-state index contributed by atoms with van der Waals surface area (Å²) in [5.74, 6) is 6.00. The summed E-state index contributed by atoms with van der Waals surface area (Å²) in [5, 5.41) is 0. The van der Waals surface area contributed by atoms with Crippen LogP contribution < -0.4 is 37.9 Å². The highest BCUT2D eigenvalue weighted by Gasteiger charge is 2.23. The van der Waals surface area contributed by atoms with Crippen molar-refractivity contribution >= 4 is 92.7 Å². The quantitative estimate of drug-likeness (QED) is 0.0265. The van der Waals surface area contributed by atoms with E-state index in [9.17, 15) is 0 Å². The molecule has 0 spiro atoms. The molecule has 0 unspecified atom stereocenters. The molecule has 0 amide bonds. The first-order valence-electron chi connectivity index (χ1n) is 56.1. The van der Waals surface area contributed by atoms with E-state index in [1.165, 1.54) is 205 Å². The van der Waals surface area contributed by atoms with Crippen LogP contribution >= 0.6 is 0 Å². The first kappa shape index (κ1) is 105. The fourth-order valence-corrected chi connectivity index (χ4v) is 20.2. The number of rotatable bonds is 48. The van der Waals surface area contributed by atoms with Gasteiger partial charge in [-0.2, -0.15) is 0 Å². The molecule has 0 radical (unpaired) electrons. The van der Waals surface area contributed by atoms with E-state index in [4.69, 9.17) is 57.8 Å². The number of hydrogen-bond acceptors (Lipinski definition) is 12. The van der Waals surface area contributed by atoms with Gasteiger partial charge in [0.1, 0.15) is 0 Å². The number of nitrogens with zero attached hydrogens (tertiary/aromatic N) is 4. The number of unbranched alkanes of at least 4 members (excludes halogenated alkanes) is 36. The lowest BCUT2D eigenvalue weighted by atomic mass is 10.0. The number of aromatic amines is 4. The van der Waals surface area contributed by atoms with Gasteiger partial charge in [-0.15, -0.1) is 0 Å². The number of ether oxygens (including phenoxy) is 8. The average Bonchev–Trinajstić information content (AvgIpc) is 1.64. The van der Waals surface area contributed by atoms with Crippen molar-refractivity contribution in [2.75, 3.05) is 52.9 Å². The van der Waals surface area contributed by atoms with Gasteiger partial charge in [0.05, 0.1) is 98.4 Å². The summed E-state index contributed by atoms with van der Waals surface area (Å²) in [7, 11) is 0. The molecule has 28 bridgehead atoms. The third kappa shape index (κ3) is 32.8. The lowest BCUT2D eigenvalue weighted by Gasteiger charge is -2.16. The standard InChI is InChI=1S/C126H164N8O8/c1-5-9-13-17-21-25-29-33-39-47-79-135-115-75-55-95-87-119(115)139-83-51-43-37-44-52-84-140-120-88-96(56-76-116(120)136-80-48-40-34-30-26-22-18-14-10-6-2)125-111-71-63-103(131-111)93-105-65-73-113(133-105)126(114-74-66-106(134-114)94-104-64-72-112(125)132-104)98-58-78-118(138-82-50-42-36-32-28-24-20-16-12-8-4)122(90-98)142-86-54-46-38-45-53-85-141-121-89-97(57-77-117(121)137-81-49-41-35-31-27-23-19-15-11-7-3)124-109-69-61-101(129-109)91-99-59-67-107(127-99)123(95)108-68-60-100(128-108)92-102-62-70-110(124)130-102/h55-78,87-94,127,130-131,134H,5-54,79-86H2,1-4H3. The lowest BCUT2D eigenvalue weighted by Crippen LogP contribution is -2.04. The van der Waals surface area contributed by atoms with Crippen molar-refractivity contribution in [1.82, 2.24) is 39.9 Å². The lowest BCUT2D eigenvalue weighted by molar-refractivity contribution is 0.254. The summed E-state index contributed by atoms with van der Waals surface area (Å²) < 4.78 is 54.8. The maximum Gasteiger partial charge on any atom is 0.161 e. The molecule has 6 aromatic heterocycles. The molecule has 8 aliphatic heterocycles. The zero-order valence-corrected chi connectivity index (χ0v) is 86.5. The number of benzene rings is 4. The Morgan fingerprint density at radius 1 is 0.211 bits per heavy atom. The molecular weight excluding hydrogens is 1750 g/mol. The molecule has 14 heterocycles. The van der Waals surface area contributed by atoms with Crippen LogP contribution in [0, 0.1) is 0 Å². The van der Waals surface area contributed by atoms with Crippen molar-refractivity contribution in [1.29, 1.82) is 0 Å². The van der Waals surface area contributed by atoms with Crippen molar-refractivity contribution < 1.29 is 37.9 Å². The second-order valence-electron chi connectivity index (χ2n) is 40.1. The van der Waals surface area contributed by atoms with Crippen LogP contribution in [0.2, 0.25) is 0 Å². The smallest absolute Gasteiger partial charge is 0.161 e. The molecule has 16 heteroatoms. The van der Waals surface area contributed by atoms with Gasteiger partial charge in [0.15, 0.2) is 46.0 Å². The van der Waals surface area contributed by atoms with E-state index in [-0.39, 0.29) is 0 Å². The van der Waals surface area contributed by atoms with Gasteiger partial charge in [-0.25, -0.2) is 19.9 Å². The fourth-order valence-electron chi connectivity index (χ4n) is 20.2. The molecule has 142 heavy (non-hydrogen) atoms. The van der Waals surface area contributed by atoms with Gasteiger partial charge >= 0.3 is 0 Å². The molecule has 0 aliphatic carbocycles. The molecule has 18 rings (SSSR count). The van der Waals surface area contributed by atoms with E-state index in [1.807, 2.05) is 0 Å². The maximum absolute atomic E-state index is 6.95. The van der Waals surface area contributed by atoms with Crippen LogP contribution in [-0.2, 0) is 0 Å². The number of H-pyrrole nitrogens is 4. The average molecular weight is 1920 g/mol. The van der Waals surface area contributed by atoms with E-state index >= 15 is 0 Å². The van der Waals surface area contributed by atoms with Crippen molar-refractivity contribution in [3.05, 3.63) is 191 Å². The van der Waals surface area contributed by atoms with Gasteiger partial charge < -0.3 is 57.8 Å². The Labute approximate surface area is 848 Å². The SMILES string of the molecule is CCCCCCCCCCCCOc1ccc2cc1OCCCCCCCOc1cc(ccc1OCCCCCCCCCCCC)-c1c3nc(cc4ccc([nH]4)c(c4nc(cc5ccc1[nH]5)C=C4)-c1ccc(OCCCCCCCCCCCC)c(c1)OCCCCCCCOc1cc(ccc1OCCCCCCCCCCCC)-c1c4nc(cc5ccc([nH]5)c-2c2nc(cc5ccc1[nH]5)C=C2)C=C4)C=C3. The molecule has 0 saturated carbocycles. The first-order chi connectivity index (χ1) is 70.3. The van der Waals surface area contributed by atoms with Crippen LogP contribution in [0.3, 0.4) is 0 Å². The van der Waals surface area contributed by atoms with Crippen molar-refractivity contribution in [3.8, 4) is 90.5 Å². The molecule has 756 valence electrons. The van der Waals surface area contributed by atoms with Crippen molar-refractivity contribution in [2.45, 2.75) is 349 Å². The molecule has 4 aromatic carbocycles. The molecule has 0 fully saturated rings. The van der Waals surface area contributed by atoms with Crippen molar-refractivity contribution in [2.24, 2.45) is 0 Å². The highest BCUT2D eigenvalue weighted by molar-refractivity contribution is 5.96. The summed E-state index contributed by atoms with van der Waals surface area (Å²) in [5.41, 5.74) is 22.0. The predicted molar refractivity (Wildman–Crippen MR) is 597 cm³/mol. The van der Waals surface area contributed by atoms with E-state index < -0.39 is 0 Å². The minimum Gasteiger partial charge on any atom is -0.490 e. The van der Waals surface area contributed by atoms with Gasteiger partial charge in [0.2, 0.25) is 0 Å². The van der Waals surface area contributed by atoms with Gasteiger partial charge in [-0.05, 0) is 244 Å². The summed E-state index contributed by atoms with van der Waals surface area (Å²) in [6.07, 6.45) is 77.0. The maximum atomic E-state index is 6.95. The van der Waals surface area contributed by atoms with Gasteiger partial charge in [0, 0.05) is 66.4 Å². The zero-order valence-electron chi connectivity index (χ0n) is 86.5. The van der Waals surface area contributed by atoms with Crippen LogP contribution in [0.15, 0.2) is 146 Å². The normalized spacial score (nSPS) is 13.6. The van der Waals surface area contributed by atoms with Crippen LogP contribution in [0.25, 0.3) is 137 Å². The molecule has 10 aromatic rings. The second kappa shape index (κ2) is 58.9. The number of aromatic nitrogens is 8. The predicted octanol–water partition coefficient (Wildman–Crippen LogP) is 36.6. The Morgan fingerprint density at radius 2 is 0.408 bits per heavy atom. The summed E-state index contributed by atoms with van der Waals surface area (Å²) in [6, 6.07) is 51.6. The van der Waals surface area contributed by atoms with Crippen molar-refractivity contribution in [3.63, 3.8) is 0 Å². The van der Waals surface area contributed by atoms with E-state index in [0.29, 0.717) is 52.9 Å². The minimum atomic E-state index is 0.545. The Bertz CT molecular complexity index is 5310. The van der Waals surface area contributed by atoms with Crippen LogP contribution in [0.1, 0.15) is 394 Å². The van der Waals surface area contributed by atoms with Gasteiger partial charge in [-0.1, -0.05) is 322 Å². The monoisotopic (exact) mass is 1920 g/mol. The summed E-state index contributed by atoms with van der Waals surface area (Å²) in [6.45, 7) is 13.9. The molecule has 8 aliphatic rings. The largest absolute Gasteiger partial charge is 0.490 e. The van der Waals surface area contributed by atoms with Crippen LogP contribution in [0.5, 0.6) is 46.0 Å². The highest BCUT2D eigenvalue weighted by atomic mass is 16.5. The Balaban J connectivity index is 0.737. The highest BCUT2D eigenvalue weighted by Crippen LogP contribution is 2.44. The number of nitrogens with one attached hydrogen (secondary N) is 4. The third-order valence-corrected chi connectivity index (χ3v) is 28.4. The summed E-state index contributed by atoms with van der Waals surface area (Å²) >= 11 is 0. The molecular formula is C126H164N8O8. The van der Waals surface area contributed by atoms with E-state index in [2.05, 4.69) is 242 Å². The van der Waals surface area contributed by atoms with Crippen LogP contribution in [0.4, 0.5) is 0 Å². The Kier molecular flexibility index (Phi) is 43.5. The first-order valence-corrected chi connectivity index (χ1v) is 56.1. The summed E-state index contributed by atoms with van der Waals surface area (Å²) in [4.78, 5) is 37.0. The van der Waals surface area contributed by atoms with Gasteiger partial charge in [0.25, 0.3) is 0 Å². The topological polar surface area (TPSA) is 189 Å². The minimum absolute atomic E-state index is 0.545. The van der Waals surface area contributed by atoms with Crippen LogP contribution in [-0.4, -0.2) is 92.7 Å². The zero-order chi connectivity index (χ0) is 97.4. The number of hydrogen-bond donors (Lipinski definition) is 4. The molecule has 0 atom stereocenters.